The smallest absolute Gasteiger partial charge is 0.282 e. The molecule has 1 spiro atoms. The Balaban J connectivity index is 1.98. The molecule has 1 aromatic rings. The van der Waals surface area contributed by atoms with Crippen molar-refractivity contribution < 1.29 is 4.74 Å². The summed E-state index contributed by atoms with van der Waals surface area (Å²) in [6.07, 6.45) is 1.68. The largest absolute Gasteiger partial charge is 0.463 e. The van der Waals surface area contributed by atoms with Crippen molar-refractivity contribution >= 4 is 17.3 Å². The Kier molecular flexibility index (Phi) is 3.01. The van der Waals surface area contributed by atoms with E-state index in [-0.39, 0.29) is 11.6 Å². The van der Waals surface area contributed by atoms with Gasteiger partial charge in [0.2, 0.25) is 0 Å². The number of aliphatic imine (C=N–C) groups is 1. The molecule has 0 aromatic heterocycles. The average molecular weight is 284 g/mol. The number of amidine groups is 1. The molecule has 5 nitrogen and oxygen atoms in total. The van der Waals surface area contributed by atoms with E-state index in [1.165, 1.54) is 11.1 Å². The highest BCUT2D eigenvalue weighted by Gasteiger charge is 2.41. The van der Waals surface area contributed by atoms with Crippen molar-refractivity contribution in [3.8, 4) is 0 Å². The third kappa shape index (κ3) is 2.28. The van der Waals surface area contributed by atoms with Crippen LogP contribution < -0.4 is 11.5 Å². The molecule has 1 aliphatic heterocycles. The molecule has 5 N–H and O–H groups in total. The van der Waals surface area contributed by atoms with E-state index in [1.54, 1.807) is 6.92 Å². The maximum atomic E-state index is 7.91. The fraction of sp³-hybridized carbons (Fsp3) is 0.375. The van der Waals surface area contributed by atoms with Crippen molar-refractivity contribution in [1.82, 2.24) is 0 Å². The minimum absolute atomic E-state index is 0.230. The zero-order valence-corrected chi connectivity index (χ0v) is 12.4. The number of benzene rings is 1. The highest BCUT2D eigenvalue weighted by Crippen LogP contribution is 2.37. The highest BCUT2D eigenvalue weighted by atomic mass is 16.5. The molecule has 3 rings (SSSR count). The predicted octanol–water partition coefficient (Wildman–Crippen LogP) is 1.60. The Morgan fingerprint density at radius 2 is 2.00 bits per heavy atom. The second-order valence-corrected chi connectivity index (χ2v) is 5.98. The average Bonchev–Trinajstić information content (AvgIpc) is 2.90. The van der Waals surface area contributed by atoms with E-state index in [1.807, 2.05) is 13.0 Å². The first-order valence-corrected chi connectivity index (χ1v) is 7.02. The van der Waals surface area contributed by atoms with Gasteiger partial charge in [-0.2, -0.15) is 0 Å². The number of allylic oxidation sites excluding steroid dienone is 2. The molecule has 1 heterocycles. The van der Waals surface area contributed by atoms with Gasteiger partial charge in [-0.3, -0.25) is 0 Å². The fourth-order valence-corrected chi connectivity index (χ4v) is 3.32. The summed E-state index contributed by atoms with van der Waals surface area (Å²) in [5.74, 6) is 0. The second-order valence-electron chi connectivity index (χ2n) is 5.98. The molecule has 1 unspecified atom stereocenters. The molecular weight excluding hydrogens is 264 g/mol. The van der Waals surface area contributed by atoms with Crippen LogP contribution in [0.15, 0.2) is 28.9 Å². The van der Waals surface area contributed by atoms with Crippen LogP contribution in [0.2, 0.25) is 0 Å². The molecule has 0 fully saturated rings. The Bertz CT molecular complexity index is 686. The van der Waals surface area contributed by atoms with Crippen LogP contribution in [0.3, 0.4) is 0 Å². The molecule has 1 aliphatic carbocycles. The molecule has 2 aliphatic rings. The first-order valence-electron chi connectivity index (χ1n) is 7.02. The van der Waals surface area contributed by atoms with Gasteiger partial charge in [-0.25, -0.2) is 4.99 Å². The molecule has 110 valence electrons. The van der Waals surface area contributed by atoms with E-state index in [2.05, 4.69) is 17.1 Å². The lowest BCUT2D eigenvalue weighted by Crippen LogP contribution is -2.28. The summed E-state index contributed by atoms with van der Waals surface area (Å²) in [7, 11) is 0. The van der Waals surface area contributed by atoms with Gasteiger partial charge in [0, 0.05) is 29.8 Å². The number of hydrogen-bond donors (Lipinski definition) is 3. The summed E-state index contributed by atoms with van der Waals surface area (Å²) in [5, 5.41) is 7.91. The number of nitrogens with one attached hydrogen (secondary N) is 1. The van der Waals surface area contributed by atoms with Crippen LogP contribution in [-0.2, 0) is 17.6 Å². The van der Waals surface area contributed by atoms with Gasteiger partial charge in [-0.1, -0.05) is 18.2 Å². The van der Waals surface area contributed by atoms with Gasteiger partial charge in [0.25, 0.3) is 6.02 Å². The minimum atomic E-state index is -0.230. The molecule has 0 radical (unpaired) electrons. The van der Waals surface area contributed by atoms with Crippen LogP contribution in [0.4, 0.5) is 0 Å². The molecule has 1 atom stereocenters. The number of fused-ring (bicyclic) bond motifs is 1. The van der Waals surface area contributed by atoms with Crippen molar-refractivity contribution in [2.75, 3.05) is 6.61 Å². The van der Waals surface area contributed by atoms with E-state index >= 15 is 0 Å². The zero-order chi connectivity index (χ0) is 15.2. The fourth-order valence-electron chi connectivity index (χ4n) is 3.32. The van der Waals surface area contributed by atoms with Crippen molar-refractivity contribution in [3.63, 3.8) is 0 Å². The molecule has 0 bridgehead atoms. The minimum Gasteiger partial charge on any atom is -0.463 e. The molecule has 21 heavy (non-hydrogen) atoms. The maximum Gasteiger partial charge on any atom is 0.282 e. The van der Waals surface area contributed by atoms with Gasteiger partial charge in [0.1, 0.15) is 12.1 Å². The summed E-state index contributed by atoms with van der Waals surface area (Å²) < 4.78 is 5.34. The quantitative estimate of drug-likeness (QED) is 0.719. The Morgan fingerprint density at radius 1 is 1.29 bits per heavy atom. The summed E-state index contributed by atoms with van der Waals surface area (Å²) in [4.78, 5) is 4.47. The van der Waals surface area contributed by atoms with Crippen molar-refractivity contribution in [1.29, 1.82) is 5.41 Å². The summed E-state index contributed by atoms with van der Waals surface area (Å²) >= 11 is 0. The van der Waals surface area contributed by atoms with Crippen LogP contribution >= 0.6 is 0 Å². The first-order chi connectivity index (χ1) is 9.90. The van der Waals surface area contributed by atoms with Crippen LogP contribution in [0.25, 0.3) is 5.57 Å². The second kappa shape index (κ2) is 4.62. The summed E-state index contributed by atoms with van der Waals surface area (Å²) in [5.41, 5.74) is 16.8. The first kappa shape index (κ1) is 13.7. The molecule has 0 saturated carbocycles. The van der Waals surface area contributed by atoms with Gasteiger partial charge in [-0.05, 0) is 30.5 Å². The lowest BCUT2D eigenvalue weighted by molar-refractivity contribution is 0.258. The van der Waals surface area contributed by atoms with Gasteiger partial charge >= 0.3 is 0 Å². The molecule has 0 amide bonds. The van der Waals surface area contributed by atoms with E-state index in [4.69, 9.17) is 21.6 Å². The SMILES string of the molecule is CC(=N)/C(=C(/C)N)c1ccc2c(c1)CC1(COC(N)=N1)C2. The molecular formula is C16H20N4O. The van der Waals surface area contributed by atoms with E-state index in [0.717, 1.165) is 24.0 Å². The summed E-state index contributed by atoms with van der Waals surface area (Å²) in [6.45, 7) is 4.14. The van der Waals surface area contributed by atoms with E-state index in [9.17, 15) is 0 Å². The van der Waals surface area contributed by atoms with Crippen molar-refractivity contribution in [2.45, 2.75) is 32.2 Å². The highest BCUT2D eigenvalue weighted by molar-refractivity contribution is 6.21. The Labute approximate surface area is 124 Å². The van der Waals surface area contributed by atoms with Crippen molar-refractivity contribution in [3.05, 3.63) is 40.6 Å². The number of nitrogens with two attached hydrogens (primary N) is 2. The third-order valence-corrected chi connectivity index (χ3v) is 4.14. The van der Waals surface area contributed by atoms with Crippen molar-refractivity contribution in [2.24, 2.45) is 16.5 Å². The lowest BCUT2D eigenvalue weighted by atomic mass is 9.96. The van der Waals surface area contributed by atoms with Crippen LogP contribution in [0.5, 0.6) is 0 Å². The molecule has 1 aromatic carbocycles. The van der Waals surface area contributed by atoms with Gasteiger partial charge in [0.15, 0.2) is 0 Å². The number of rotatable bonds is 2. The van der Waals surface area contributed by atoms with Crippen LogP contribution in [-0.4, -0.2) is 23.9 Å². The van der Waals surface area contributed by atoms with Crippen LogP contribution in [0.1, 0.15) is 30.5 Å². The number of hydrogen-bond acceptors (Lipinski definition) is 5. The normalized spacial score (nSPS) is 24.4. The monoisotopic (exact) mass is 284 g/mol. The number of ether oxygens (including phenoxy) is 1. The Morgan fingerprint density at radius 3 is 2.57 bits per heavy atom. The summed E-state index contributed by atoms with van der Waals surface area (Å²) in [6, 6.07) is 6.55. The zero-order valence-electron chi connectivity index (χ0n) is 12.4. The number of nitrogens with zero attached hydrogens (tertiary/aromatic N) is 1. The standard InChI is InChI=1S/C16H20N4O/c1-9(17)14(10(2)18)11-3-4-12-6-16(7-13(12)5-11)8-21-15(19)20-16/h3-5,17H,6-8,18H2,1-2H3,(H2,19,20)/b14-10+,17-9?. The van der Waals surface area contributed by atoms with Crippen LogP contribution in [0, 0.1) is 5.41 Å². The molecule has 0 saturated heterocycles. The maximum absolute atomic E-state index is 7.91. The predicted molar refractivity (Wildman–Crippen MR) is 84.3 cm³/mol. The lowest BCUT2D eigenvalue weighted by Gasteiger charge is -2.15. The Hall–Kier alpha value is -2.30. The van der Waals surface area contributed by atoms with Gasteiger partial charge in [0.05, 0.1) is 0 Å². The van der Waals surface area contributed by atoms with Gasteiger partial charge < -0.3 is 21.6 Å². The van der Waals surface area contributed by atoms with Gasteiger partial charge in [-0.15, -0.1) is 0 Å². The topological polar surface area (TPSA) is 97.5 Å². The van der Waals surface area contributed by atoms with E-state index < -0.39 is 0 Å². The van der Waals surface area contributed by atoms with E-state index in [0.29, 0.717) is 18.0 Å². The molecule has 5 heteroatoms. The third-order valence-electron chi connectivity index (χ3n) is 4.14.